The average molecular weight is 439 g/mol. The standard InChI is InChI=1S/C25H31FN4O2/c1-25(10-14-29(15-11-25)23(31)16-18-5-7-20(26)8-6-18)24(32)30-13-3-4-21(30)19-9-12-28-22(17-19)27-2/h5-9,12,17,21H,3-4,10-11,13-16H2,1-2H3,(H,27,28)/t21-/m1/s1. The van der Waals surface area contributed by atoms with Crippen LogP contribution in [0.4, 0.5) is 10.2 Å². The van der Waals surface area contributed by atoms with E-state index in [1.807, 2.05) is 35.9 Å². The first-order valence-electron chi connectivity index (χ1n) is 11.4. The number of pyridine rings is 1. The van der Waals surface area contributed by atoms with Gasteiger partial charge in [-0.2, -0.15) is 0 Å². The molecule has 0 bridgehead atoms. The van der Waals surface area contributed by atoms with Gasteiger partial charge in [-0.3, -0.25) is 9.59 Å². The van der Waals surface area contributed by atoms with Crippen LogP contribution in [0.3, 0.4) is 0 Å². The Morgan fingerprint density at radius 3 is 2.56 bits per heavy atom. The van der Waals surface area contributed by atoms with Crippen LogP contribution in [-0.4, -0.2) is 53.3 Å². The van der Waals surface area contributed by atoms with Crippen LogP contribution in [0, 0.1) is 11.2 Å². The van der Waals surface area contributed by atoms with E-state index < -0.39 is 5.41 Å². The van der Waals surface area contributed by atoms with E-state index in [9.17, 15) is 14.0 Å². The van der Waals surface area contributed by atoms with Crippen molar-refractivity contribution in [1.29, 1.82) is 0 Å². The summed E-state index contributed by atoms with van der Waals surface area (Å²) in [5.41, 5.74) is 1.46. The predicted molar refractivity (Wildman–Crippen MR) is 121 cm³/mol. The number of hydrogen-bond acceptors (Lipinski definition) is 4. The average Bonchev–Trinajstić information content (AvgIpc) is 3.30. The van der Waals surface area contributed by atoms with Crippen molar-refractivity contribution in [3.63, 3.8) is 0 Å². The van der Waals surface area contributed by atoms with Gasteiger partial charge in [-0.05, 0) is 61.1 Å². The molecular formula is C25H31FN4O2. The Labute approximate surface area is 188 Å². The fourth-order valence-electron chi connectivity index (χ4n) is 4.85. The maximum atomic E-state index is 13.6. The third-order valence-corrected chi connectivity index (χ3v) is 6.94. The fraction of sp³-hybridized carbons (Fsp3) is 0.480. The maximum absolute atomic E-state index is 13.6. The summed E-state index contributed by atoms with van der Waals surface area (Å²) in [7, 11) is 1.84. The highest BCUT2D eigenvalue weighted by atomic mass is 19.1. The van der Waals surface area contributed by atoms with Crippen molar-refractivity contribution in [2.75, 3.05) is 32.0 Å². The van der Waals surface area contributed by atoms with E-state index in [2.05, 4.69) is 10.3 Å². The van der Waals surface area contributed by atoms with Gasteiger partial charge in [-0.25, -0.2) is 9.37 Å². The molecule has 0 saturated carbocycles. The van der Waals surface area contributed by atoms with Gasteiger partial charge in [0, 0.05) is 38.3 Å². The van der Waals surface area contributed by atoms with Crippen LogP contribution in [0.2, 0.25) is 0 Å². The summed E-state index contributed by atoms with van der Waals surface area (Å²) in [5.74, 6) is 0.721. The van der Waals surface area contributed by atoms with E-state index in [-0.39, 0.29) is 30.1 Å². The van der Waals surface area contributed by atoms with Gasteiger partial charge in [0.15, 0.2) is 0 Å². The lowest BCUT2D eigenvalue weighted by molar-refractivity contribution is -0.148. The predicted octanol–water partition coefficient (Wildman–Crippen LogP) is 3.80. The number of nitrogens with one attached hydrogen (secondary N) is 1. The second kappa shape index (κ2) is 9.27. The summed E-state index contributed by atoms with van der Waals surface area (Å²) in [6.45, 7) is 3.95. The SMILES string of the molecule is CNc1cc([C@H]2CCCN2C(=O)C2(C)CCN(C(=O)Cc3ccc(F)cc3)CC2)ccn1. The quantitative estimate of drug-likeness (QED) is 0.771. The van der Waals surface area contributed by atoms with Crippen LogP contribution in [0.5, 0.6) is 0 Å². The number of carbonyl (C=O) groups excluding carboxylic acids is 2. The smallest absolute Gasteiger partial charge is 0.229 e. The minimum absolute atomic E-state index is 0.0292. The maximum Gasteiger partial charge on any atom is 0.229 e. The van der Waals surface area contributed by atoms with Crippen molar-refractivity contribution in [2.24, 2.45) is 5.41 Å². The minimum Gasteiger partial charge on any atom is -0.373 e. The van der Waals surface area contributed by atoms with Crippen LogP contribution in [0.1, 0.15) is 49.8 Å². The molecule has 3 heterocycles. The Kier molecular flexibility index (Phi) is 6.44. The fourth-order valence-corrected chi connectivity index (χ4v) is 4.85. The number of halogens is 1. The zero-order valence-corrected chi connectivity index (χ0v) is 18.8. The summed E-state index contributed by atoms with van der Waals surface area (Å²) < 4.78 is 13.1. The second-order valence-corrected chi connectivity index (χ2v) is 9.13. The van der Waals surface area contributed by atoms with Gasteiger partial charge >= 0.3 is 0 Å². The number of likely N-dealkylation sites (tertiary alicyclic amines) is 2. The molecule has 4 rings (SSSR count). The third kappa shape index (κ3) is 4.61. The lowest BCUT2D eigenvalue weighted by atomic mass is 9.78. The lowest BCUT2D eigenvalue weighted by Gasteiger charge is -2.41. The molecule has 2 fully saturated rings. The van der Waals surface area contributed by atoms with Crippen molar-refractivity contribution in [3.05, 3.63) is 59.5 Å². The van der Waals surface area contributed by atoms with Crippen molar-refractivity contribution in [2.45, 2.75) is 45.1 Å². The molecule has 1 aromatic heterocycles. The number of rotatable bonds is 5. The summed E-state index contributed by atoms with van der Waals surface area (Å²) >= 11 is 0. The van der Waals surface area contributed by atoms with E-state index in [4.69, 9.17) is 0 Å². The van der Waals surface area contributed by atoms with Crippen LogP contribution < -0.4 is 5.32 Å². The van der Waals surface area contributed by atoms with Crippen LogP contribution in [0.15, 0.2) is 42.6 Å². The highest BCUT2D eigenvalue weighted by molar-refractivity contribution is 5.84. The molecule has 2 amide bonds. The first kappa shape index (κ1) is 22.2. The lowest BCUT2D eigenvalue weighted by Crippen LogP contribution is -2.50. The molecule has 1 aromatic carbocycles. The van der Waals surface area contributed by atoms with E-state index in [1.54, 1.807) is 18.3 Å². The molecule has 170 valence electrons. The van der Waals surface area contributed by atoms with Crippen molar-refractivity contribution < 1.29 is 14.0 Å². The molecule has 2 saturated heterocycles. The van der Waals surface area contributed by atoms with Gasteiger partial charge < -0.3 is 15.1 Å². The molecule has 1 N–H and O–H groups in total. The monoisotopic (exact) mass is 438 g/mol. The summed E-state index contributed by atoms with van der Waals surface area (Å²) in [6, 6.07) is 10.2. The highest BCUT2D eigenvalue weighted by Gasteiger charge is 2.43. The molecule has 1 atom stereocenters. The first-order valence-corrected chi connectivity index (χ1v) is 11.4. The van der Waals surface area contributed by atoms with Gasteiger partial charge in [0.2, 0.25) is 11.8 Å². The van der Waals surface area contributed by atoms with Gasteiger partial charge in [0.25, 0.3) is 0 Å². The number of carbonyl (C=O) groups is 2. The Hall–Kier alpha value is -2.96. The van der Waals surface area contributed by atoms with Gasteiger partial charge in [-0.1, -0.05) is 19.1 Å². The Morgan fingerprint density at radius 1 is 1.16 bits per heavy atom. The van der Waals surface area contributed by atoms with Crippen LogP contribution >= 0.6 is 0 Å². The van der Waals surface area contributed by atoms with E-state index >= 15 is 0 Å². The van der Waals surface area contributed by atoms with E-state index in [0.29, 0.717) is 25.9 Å². The Bertz CT molecular complexity index is 970. The zero-order chi connectivity index (χ0) is 22.7. The molecule has 7 heteroatoms. The molecule has 2 aliphatic heterocycles. The molecule has 0 aliphatic carbocycles. The number of hydrogen-bond donors (Lipinski definition) is 1. The largest absolute Gasteiger partial charge is 0.373 e. The number of benzene rings is 1. The first-order chi connectivity index (χ1) is 15.4. The summed E-state index contributed by atoms with van der Waals surface area (Å²) in [6.07, 6.45) is 5.30. The Morgan fingerprint density at radius 2 is 1.88 bits per heavy atom. The van der Waals surface area contributed by atoms with E-state index in [0.717, 1.165) is 36.3 Å². The highest BCUT2D eigenvalue weighted by Crippen LogP contribution is 2.40. The summed E-state index contributed by atoms with van der Waals surface area (Å²) in [5, 5.41) is 3.07. The second-order valence-electron chi connectivity index (χ2n) is 9.13. The van der Waals surface area contributed by atoms with Gasteiger partial charge in [0.05, 0.1) is 12.5 Å². The van der Waals surface area contributed by atoms with E-state index in [1.165, 1.54) is 12.1 Å². The number of aromatic nitrogens is 1. The molecule has 32 heavy (non-hydrogen) atoms. The normalized spacial score (nSPS) is 20.3. The molecule has 6 nitrogen and oxygen atoms in total. The van der Waals surface area contributed by atoms with Gasteiger partial charge in [0.1, 0.15) is 11.6 Å². The molecule has 0 unspecified atom stereocenters. The number of anilines is 1. The van der Waals surface area contributed by atoms with Crippen LogP contribution in [0.25, 0.3) is 0 Å². The molecule has 0 spiro atoms. The number of amides is 2. The molecule has 0 radical (unpaired) electrons. The van der Waals surface area contributed by atoms with Gasteiger partial charge in [-0.15, -0.1) is 0 Å². The molecule has 2 aliphatic rings. The molecule has 2 aromatic rings. The van der Waals surface area contributed by atoms with Crippen molar-refractivity contribution in [3.8, 4) is 0 Å². The zero-order valence-electron chi connectivity index (χ0n) is 18.8. The molecular weight excluding hydrogens is 407 g/mol. The van der Waals surface area contributed by atoms with Crippen molar-refractivity contribution in [1.82, 2.24) is 14.8 Å². The Balaban J connectivity index is 1.39. The topological polar surface area (TPSA) is 65.5 Å². The minimum atomic E-state index is -0.464. The summed E-state index contributed by atoms with van der Waals surface area (Å²) in [4.78, 5) is 34.5. The van der Waals surface area contributed by atoms with Crippen LogP contribution in [-0.2, 0) is 16.0 Å². The van der Waals surface area contributed by atoms with Crippen molar-refractivity contribution >= 4 is 17.6 Å². The number of piperidine rings is 1. The third-order valence-electron chi connectivity index (χ3n) is 6.94. The number of nitrogens with zero attached hydrogens (tertiary/aromatic N) is 3.